The van der Waals surface area contributed by atoms with Gasteiger partial charge in [-0.05, 0) is 82.0 Å². The van der Waals surface area contributed by atoms with E-state index in [-0.39, 0.29) is 41.5 Å². The van der Waals surface area contributed by atoms with Crippen LogP contribution in [0.15, 0.2) is 24.3 Å². The van der Waals surface area contributed by atoms with Crippen LogP contribution >= 0.6 is 11.8 Å². The van der Waals surface area contributed by atoms with Crippen molar-refractivity contribution in [1.29, 1.82) is 0 Å². The molecule has 198 valence electrons. The predicted octanol–water partition coefficient (Wildman–Crippen LogP) is 3.33. The monoisotopic (exact) mass is 515 g/mol. The summed E-state index contributed by atoms with van der Waals surface area (Å²) >= 11 is 1.62. The Morgan fingerprint density at radius 2 is 1.78 bits per heavy atom. The standard InChI is InChI=1S/C28H41N3O4S/c1-17(2)14-22(28(34)31-15-24(36-5)26-25(31)23(32)16-35-26)29-27(33)21-8-6-19(7-9-21)20-10-12-30(13-11-20)18(3)4/h6-9,17-18,20,22,24-26H,10-16H2,1-5H3,(H,29,33)/t22-,24-,25+,26+/m0/s1. The summed E-state index contributed by atoms with van der Waals surface area (Å²) in [4.78, 5) is 43.5. The molecule has 0 unspecified atom stereocenters. The molecular formula is C28H41N3O4S. The van der Waals surface area contributed by atoms with Crippen LogP contribution in [0, 0.1) is 5.92 Å². The van der Waals surface area contributed by atoms with E-state index < -0.39 is 12.1 Å². The lowest BCUT2D eigenvalue weighted by Crippen LogP contribution is -2.52. The summed E-state index contributed by atoms with van der Waals surface area (Å²) in [6.45, 7) is 11.3. The molecular weight excluding hydrogens is 474 g/mol. The number of ketones is 1. The normalized spacial score (nSPS) is 26.0. The zero-order valence-electron chi connectivity index (χ0n) is 22.2. The molecule has 0 aliphatic carbocycles. The molecule has 1 N–H and O–H groups in total. The average molecular weight is 516 g/mol. The summed E-state index contributed by atoms with van der Waals surface area (Å²) < 4.78 is 5.71. The highest BCUT2D eigenvalue weighted by atomic mass is 32.2. The Labute approximate surface area is 219 Å². The van der Waals surface area contributed by atoms with Crippen LogP contribution in [0.4, 0.5) is 0 Å². The van der Waals surface area contributed by atoms with Crippen LogP contribution in [0.2, 0.25) is 0 Å². The van der Waals surface area contributed by atoms with Crippen LogP contribution in [0.3, 0.4) is 0 Å². The molecule has 8 heteroatoms. The van der Waals surface area contributed by atoms with E-state index in [0.717, 1.165) is 25.9 Å². The number of thioether (sulfide) groups is 1. The Kier molecular flexibility index (Phi) is 8.79. The van der Waals surface area contributed by atoms with Crippen molar-refractivity contribution in [3.8, 4) is 0 Å². The van der Waals surface area contributed by atoms with Crippen molar-refractivity contribution in [2.45, 2.75) is 82.4 Å². The first-order valence-corrected chi connectivity index (χ1v) is 14.6. The molecule has 0 radical (unpaired) electrons. The third kappa shape index (κ3) is 5.81. The molecule has 4 rings (SSSR count). The maximum atomic E-state index is 13.6. The minimum absolute atomic E-state index is 0.0469. The Hall–Kier alpha value is -1.90. The summed E-state index contributed by atoms with van der Waals surface area (Å²) in [5.74, 6) is 0.251. The third-order valence-corrected chi connectivity index (χ3v) is 8.96. The zero-order valence-corrected chi connectivity index (χ0v) is 23.1. The van der Waals surface area contributed by atoms with Gasteiger partial charge in [0.2, 0.25) is 5.91 Å². The number of hydrogen-bond donors (Lipinski definition) is 1. The van der Waals surface area contributed by atoms with Gasteiger partial charge in [0, 0.05) is 18.2 Å². The number of hydrogen-bond acceptors (Lipinski definition) is 6. The Morgan fingerprint density at radius 1 is 1.11 bits per heavy atom. The number of nitrogens with zero attached hydrogens (tertiary/aromatic N) is 2. The van der Waals surface area contributed by atoms with Gasteiger partial charge < -0.3 is 19.9 Å². The Balaban J connectivity index is 1.42. The number of Topliss-reactive ketones (excluding diaryl/α,β-unsaturated/α-hetero) is 1. The highest BCUT2D eigenvalue weighted by Crippen LogP contribution is 2.34. The minimum atomic E-state index is -0.674. The van der Waals surface area contributed by atoms with Crippen LogP contribution < -0.4 is 5.32 Å². The number of carbonyl (C=O) groups excluding carboxylic acids is 3. The maximum Gasteiger partial charge on any atom is 0.251 e. The van der Waals surface area contributed by atoms with Crippen molar-refractivity contribution in [2.75, 3.05) is 32.5 Å². The van der Waals surface area contributed by atoms with E-state index in [9.17, 15) is 14.4 Å². The van der Waals surface area contributed by atoms with Crippen LogP contribution in [-0.4, -0.2) is 89.4 Å². The SMILES string of the molecule is CS[C@H]1CN(C(=O)[C@H](CC(C)C)NC(=O)c2ccc(C3CCN(C(C)C)CC3)cc2)[C@@H]2C(=O)CO[C@H]12. The quantitative estimate of drug-likeness (QED) is 0.572. The predicted molar refractivity (Wildman–Crippen MR) is 143 cm³/mol. The molecule has 3 saturated heterocycles. The van der Waals surface area contributed by atoms with Gasteiger partial charge in [0.15, 0.2) is 5.78 Å². The number of nitrogens with one attached hydrogen (secondary N) is 1. The van der Waals surface area contributed by atoms with Gasteiger partial charge in [0.05, 0.1) is 11.4 Å². The Bertz CT molecular complexity index is 943. The number of amides is 2. The lowest BCUT2D eigenvalue weighted by Gasteiger charge is -2.34. The molecule has 2 amide bonds. The lowest BCUT2D eigenvalue weighted by atomic mass is 9.88. The molecule has 3 heterocycles. The second-order valence-corrected chi connectivity index (χ2v) is 12.2. The van der Waals surface area contributed by atoms with E-state index >= 15 is 0 Å². The molecule has 3 aliphatic heterocycles. The van der Waals surface area contributed by atoms with Gasteiger partial charge in [-0.2, -0.15) is 11.8 Å². The fourth-order valence-electron chi connectivity index (χ4n) is 5.84. The van der Waals surface area contributed by atoms with Crippen molar-refractivity contribution in [3.05, 3.63) is 35.4 Å². The molecule has 3 fully saturated rings. The molecule has 0 spiro atoms. The molecule has 36 heavy (non-hydrogen) atoms. The number of rotatable bonds is 8. The number of carbonyl (C=O) groups is 3. The van der Waals surface area contributed by atoms with Crippen molar-refractivity contribution in [1.82, 2.24) is 15.1 Å². The largest absolute Gasteiger partial charge is 0.367 e. The summed E-state index contributed by atoms with van der Waals surface area (Å²) in [5.41, 5.74) is 1.83. The van der Waals surface area contributed by atoms with Gasteiger partial charge in [0.1, 0.15) is 18.7 Å². The lowest BCUT2D eigenvalue weighted by molar-refractivity contribution is -0.138. The number of likely N-dealkylation sites (tertiary alicyclic amines) is 2. The highest BCUT2D eigenvalue weighted by molar-refractivity contribution is 7.99. The molecule has 7 nitrogen and oxygen atoms in total. The van der Waals surface area contributed by atoms with Gasteiger partial charge in [0.25, 0.3) is 5.91 Å². The van der Waals surface area contributed by atoms with E-state index in [1.807, 2.05) is 32.2 Å². The maximum absolute atomic E-state index is 13.6. The average Bonchev–Trinajstić information content (AvgIpc) is 3.43. The summed E-state index contributed by atoms with van der Waals surface area (Å²) in [5, 5.41) is 3.06. The van der Waals surface area contributed by atoms with Crippen LogP contribution in [0.1, 0.15) is 68.8 Å². The fourth-order valence-corrected chi connectivity index (χ4v) is 6.64. The molecule has 3 aliphatic rings. The Morgan fingerprint density at radius 3 is 2.36 bits per heavy atom. The van der Waals surface area contributed by atoms with Crippen LogP contribution in [-0.2, 0) is 14.3 Å². The molecule has 0 bridgehead atoms. The van der Waals surface area contributed by atoms with E-state index in [1.54, 1.807) is 16.7 Å². The van der Waals surface area contributed by atoms with Crippen molar-refractivity contribution >= 4 is 29.4 Å². The van der Waals surface area contributed by atoms with Gasteiger partial charge in [-0.25, -0.2) is 0 Å². The molecule has 1 aromatic carbocycles. The second-order valence-electron chi connectivity index (χ2n) is 11.1. The van der Waals surface area contributed by atoms with Crippen molar-refractivity contribution in [2.24, 2.45) is 5.92 Å². The first kappa shape index (κ1) is 27.1. The number of ether oxygens (including phenoxy) is 1. The number of fused-ring (bicyclic) bond motifs is 1. The van der Waals surface area contributed by atoms with Gasteiger partial charge in [-0.1, -0.05) is 26.0 Å². The molecule has 0 aromatic heterocycles. The van der Waals surface area contributed by atoms with Crippen LogP contribution in [0.25, 0.3) is 0 Å². The van der Waals surface area contributed by atoms with Crippen molar-refractivity contribution in [3.63, 3.8) is 0 Å². The highest BCUT2D eigenvalue weighted by Gasteiger charge is 2.52. The summed E-state index contributed by atoms with van der Waals surface area (Å²) in [7, 11) is 0. The first-order valence-electron chi connectivity index (χ1n) is 13.3. The van der Waals surface area contributed by atoms with E-state index in [0.29, 0.717) is 30.5 Å². The third-order valence-electron chi connectivity index (χ3n) is 7.94. The number of piperidine rings is 1. The topological polar surface area (TPSA) is 79.0 Å². The first-order chi connectivity index (χ1) is 17.2. The van der Waals surface area contributed by atoms with Crippen molar-refractivity contribution < 1.29 is 19.1 Å². The van der Waals surface area contributed by atoms with E-state index in [2.05, 4.69) is 36.2 Å². The minimum Gasteiger partial charge on any atom is -0.367 e. The molecule has 1 aromatic rings. The van der Waals surface area contributed by atoms with E-state index in [1.165, 1.54) is 5.56 Å². The zero-order chi connectivity index (χ0) is 26.0. The molecule has 0 saturated carbocycles. The van der Waals surface area contributed by atoms with Gasteiger partial charge >= 0.3 is 0 Å². The second kappa shape index (κ2) is 11.7. The van der Waals surface area contributed by atoms with Crippen LogP contribution in [0.5, 0.6) is 0 Å². The fraction of sp³-hybridized carbons (Fsp3) is 0.679. The summed E-state index contributed by atoms with van der Waals surface area (Å²) in [6.07, 6.45) is 4.50. The summed E-state index contributed by atoms with van der Waals surface area (Å²) in [6, 6.07) is 7.24. The number of benzene rings is 1. The molecule has 4 atom stereocenters. The van der Waals surface area contributed by atoms with E-state index in [4.69, 9.17) is 4.74 Å². The van der Waals surface area contributed by atoms with Gasteiger partial charge in [-0.15, -0.1) is 0 Å². The van der Waals surface area contributed by atoms with Gasteiger partial charge in [-0.3, -0.25) is 14.4 Å². The smallest absolute Gasteiger partial charge is 0.251 e.